The molecule has 29 heavy (non-hydrogen) atoms. The molecule has 5 heteroatoms. The maximum absolute atomic E-state index is 12.9. The summed E-state index contributed by atoms with van der Waals surface area (Å²) in [6.07, 6.45) is 2.45. The van der Waals surface area contributed by atoms with Crippen molar-refractivity contribution in [1.82, 2.24) is 0 Å². The molecule has 0 radical (unpaired) electrons. The molecule has 1 rings (SSSR count). The number of esters is 2. The molecule has 0 heterocycles. The molecule has 0 saturated heterocycles. The molecule has 0 amide bonds. The van der Waals surface area contributed by atoms with E-state index in [1.165, 1.54) is 5.30 Å². The molecule has 1 aromatic rings. The van der Waals surface area contributed by atoms with Crippen molar-refractivity contribution in [2.45, 2.75) is 79.4 Å². The molecular weight excluding hydrogens is 383 g/mol. The highest BCUT2D eigenvalue weighted by atomic mass is 31.1. The van der Waals surface area contributed by atoms with E-state index < -0.39 is 19.1 Å². The maximum atomic E-state index is 12.9. The summed E-state index contributed by atoms with van der Waals surface area (Å²) in [5.41, 5.74) is -1.07. The highest BCUT2D eigenvalue weighted by molar-refractivity contribution is 7.65. The van der Waals surface area contributed by atoms with E-state index in [0.717, 1.165) is 12.3 Å². The first kappa shape index (κ1) is 25.6. The van der Waals surface area contributed by atoms with Crippen molar-refractivity contribution in [2.24, 2.45) is 11.8 Å². The van der Waals surface area contributed by atoms with Crippen LogP contribution in [0.25, 0.3) is 0 Å². The van der Waals surface area contributed by atoms with Gasteiger partial charge in [-0.25, -0.2) is 0 Å². The van der Waals surface area contributed by atoms with Gasteiger partial charge in [0.25, 0.3) is 0 Å². The second kappa shape index (κ2) is 11.1. The third kappa shape index (κ3) is 11.4. The second-order valence-corrected chi connectivity index (χ2v) is 12.3. The quantitative estimate of drug-likeness (QED) is 0.388. The molecule has 0 aliphatic carbocycles. The number of hydrogen-bond donors (Lipinski definition) is 0. The average molecular weight is 423 g/mol. The maximum Gasteiger partial charge on any atom is 0.309 e. The van der Waals surface area contributed by atoms with E-state index in [1.54, 1.807) is 0 Å². The van der Waals surface area contributed by atoms with Gasteiger partial charge in [-0.2, -0.15) is 0 Å². The molecule has 0 aliphatic rings. The van der Waals surface area contributed by atoms with Crippen LogP contribution in [-0.4, -0.2) is 35.5 Å². The van der Waals surface area contributed by atoms with Crippen molar-refractivity contribution in [2.75, 3.05) is 12.3 Å². The van der Waals surface area contributed by atoms with Crippen LogP contribution < -0.4 is 5.30 Å². The third-order valence-electron chi connectivity index (χ3n) is 4.00. The Morgan fingerprint density at radius 2 is 1.45 bits per heavy atom. The van der Waals surface area contributed by atoms with Gasteiger partial charge in [0.1, 0.15) is 11.2 Å². The topological polar surface area (TPSA) is 52.6 Å². The minimum Gasteiger partial charge on any atom is -0.460 e. The molecule has 0 saturated carbocycles. The van der Waals surface area contributed by atoms with E-state index in [9.17, 15) is 9.59 Å². The minimum absolute atomic E-state index is 0.215. The highest BCUT2D eigenvalue weighted by Crippen LogP contribution is 2.40. The molecule has 0 N–H and O–H groups in total. The predicted octanol–water partition coefficient (Wildman–Crippen LogP) is 5.53. The minimum atomic E-state index is -0.547. The first-order valence-electron chi connectivity index (χ1n) is 10.5. The van der Waals surface area contributed by atoms with Crippen molar-refractivity contribution in [1.29, 1.82) is 0 Å². The highest BCUT2D eigenvalue weighted by Gasteiger charge is 2.30. The first-order valence-corrected chi connectivity index (χ1v) is 12.2. The van der Waals surface area contributed by atoms with E-state index in [2.05, 4.69) is 26.0 Å². The lowest BCUT2D eigenvalue weighted by molar-refractivity contribution is -0.160. The van der Waals surface area contributed by atoms with Gasteiger partial charge in [0, 0.05) is 6.42 Å². The van der Waals surface area contributed by atoms with E-state index >= 15 is 0 Å². The van der Waals surface area contributed by atoms with Crippen molar-refractivity contribution in [3.05, 3.63) is 30.3 Å². The summed E-state index contributed by atoms with van der Waals surface area (Å²) >= 11 is 0. The van der Waals surface area contributed by atoms with Gasteiger partial charge in [-0.3, -0.25) is 9.59 Å². The van der Waals surface area contributed by atoms with Crippen LogP contribution in [0.15, 0.2) is 30.3 Å². The van der Waals surface area contributed by atoms with Crippen molar-refractivity contribution < 1.29 is 19.1 Å². The van der Waals surface area contributed by atoms with Gasteiger partial charge in [-0.05, 0) is 71.5 Å². The number of benzene rings is 1. The molecular formula is C24H39O4P. The Labute approximate surface area is 178 Å². The zero-order valence-corrected chi connectivity index (χ0v) is 20.3. The molecule has 0 aromatic heterocycles. The van der Waals surface area contributed by atoms with Crippen molar-refractivity contribution in [3.8, 4) is 0 Å². The normalized spacial score (nSPS) is 14.4. The monoisotopic (exact) mass is 422 g/mol. The standard InChI is InChI=1S/C24H39O4P/c1-18(2)16-29(20-12-10-9-11-13-20)17-19(22(26)28-24(6,7)8)14-15-21(25)27-23(3,4)5/h9-13,18-19H,14-17H2,1-8H3. The summed E-state index contributed by atoms with van der Waals surface area (Å²) in [7, 11) is -0.519. The Kier molecular flexibility index (Phi) is 9.82. The fourth-order valence-corrected chi connectivity index (χ4v) is 5.89. The molecule has 0 fully saturated rings. The van der Waals surface area contributed by atoms with E-state index in [0.29, 0.717) is 12.3 Å². The summed E-state index contributed by atoms with van der Waals surface area (Å²) in [6, 6.07) is 10.4. The van der Waals surface area contributed by atoms with Crippen LogP contribution in [0.5, 0.6) is 0 Å². The van der Waals surface area contributed by atoms with Gasteiger partial charge in [0.15, 0.2) is 0 Å². The van der Waals surface area contributed by atoms with Gasteiger partial charge >= 0.3 is 11.9 Å². The zero-order valence-electron chi connectivity index (χ0n) is 19.5. The molecule has 0 aliphatic heterocycles. The summed E-state index contributed by atoms with van der Waals surface area (Å²) < 4.78 is 11.1. The average Bonchev–Trinajstić information content (AvgIpc) is 2.54. The lowest BCUT2D eigenvalue weighted by Crippen LogP contribution is -2.32. The fraction of sp³-hybridized carbons (Fsp3) is 0.667. The lowest BCUT2D eigenvalue weighted by atomic mass is 10.0. The van der Waals surface area contributed by atoms with Gasteiger partial charge in [0.05, 0.1) is 5.92 Å². The van der Waals surface area contributed by atoms with E-state index in [1.807, 2.05) is 59.7 Å². The summed E-state index contributed by atoms with van der Waals surface area (Å²) in [5.74, 6) is -0.259. The van der Waals surface area contributed by atoms with Crippen LogP contribution in [0.4, 0.5) is 0 Å². The molecule has 4 nitrogen and oxygen atoms in total. The summed E-state index contributed by atoms with van der Waals surface area (Å²) in [5, 5.41) is 1.29. The van der Waals surface area contributed by atoms with Crippen LogP contribution in [0.2, 0.25) is 0 Å². The first-order chi connectivity index (χ1) is 13.3. The van der Waals surface area contributed by atoms with Gasteiger partial charge in [-0.15, -0.1) is 0 Å². The molecule has 1 aromatic carbocycles. The number of carbonyl (C=O) groups is 2. The van der Waals surface area contributed by atoms with Crippen LogP contribution in [0.1, 0.15) is 68.2 Å². The smallest absolute Gasteiger partial charge is 0.309 e. The third-order valence-corrected chi connectivity index (χ3v) is 7.09. The summed E-state index contributed by atoms with van der Waals surface area (Å²) in [6.45, 7) is 15.6. The van der Waals surface area contributed by atoms with Crippen LogP contribution in [0.3, 0.4) is 0 Å². The SMILES string of the molecule is CC(C)CP(CC(CCC(=O)OC(C)(C)C)C(=O)OC(C)(C)C)c1ccccc1. The van der Waals surface area contributed by atoms with Gasteiger partial charge in [-0.1, -0.05) is 52.1 Å². The Morgan fingerprint density at radius 1 is 0.897 bits per heavy atom. The van der Waals surface area contributed by atoms with E-state index in [4.69, 9.17) is 9.47 Å². The van der Waals surface area contributed by atoms with Crippen LogP contribution in [-0.2, 0) is 19.1 Å². The zero-order chi connectivity index (χ0) is 22.2. The second-order valence-electron chi connectivity index (χ2n) is 9.99. The van der Waals surface area contributed by atoms with Crippen LogP contribution >= 0.6 is 7.92 Å². The Morgan fingerprint density at radius 3 is 1.93 bits per heavy atom. The Balaban J connectivity index is 2.98. The van der Waals surface area contributed by atoms with Gasteiger partial charge < -0.3 is 9.47 Å². The lowest BCUT2D eigenvalue weighted by Gasteiger charge is -2.28. The number of ether oxygens (including phenoxy) is 2. The number of rotatable bonds is 9. The van der Waals surface area contributed by atoms with Gasteiger partial charge in [0.2, 0.25) is 0 Å². The number of carbonyl (C=O) groups excluding carboxylic acids is 2. The summed E-state index contributed by atoms with van der Waals surface area (Å²) in [4.78, 5) is 25.2. The van der Waals surface area contributed by atoms with Crippen LogP contribution in [0, 0.1) is 11.8 Å². The predicted molar refractivity (Wildman–Crippen MR) is 122 cm³/mol. The Bertz CT molecular complexity index is 641. The molecule has 2 atom stereocenters. The van der Waals surface area contributed by atoms with Crippen molar-refractivity contribution in [3.63, 3.8) is 0 Å². The molecule has 0 bridgehead atoms. The fourth-order valence-electron chi connectivity index (χ4n) is 2.98. The largest absolute Gasteiger partial charge is 0.460 e. The molecule has 164 valence electrons. The van der Waals surface area contributed by atoms with E-state index in [-0.39, 0.29) is 24.3 Å². The number of hydrogen-bond acceptors (Lipinski definition) is 4. The Hall–Kier alpha value is -1.41. The molecule has 0 spiro atoms. The van der Waals surface area contributed by atoms with Crippen molar-refractivity contribution >= 4 is 25.2 Å². The molecule has 2 unspecified atom stereocenters.